The van der Waals surface area contributed by atoms with Crippen molar-refractivity contribution >= 4 is 11.6 Å². The Morgan fingerprint density at radius 1 is 1.10 bits per heavy atom. The van der Waals surface area contributed by atoms with Gasteiger partial charge in [0.2, 0.25) is 5.91 Å². The van der Waals surface area contributed by atoms with Gasteiger partial charge in [-0.3, -0.25) is 24.0 Å². The van der Waals surface area contributed by atoms with Crippen molar-refractivity contribution in [3.63, 3.8) is 0 Å². The van der Waals surface area contributed by atoms with Crippen LogP contribution >= 0.6 is 0 Å². The summed E-state index contributed by atoms with van der Waals surface area (Å²) in [5.74, 6) is 1.64. The van der Waals surface area contributed by atoms with Gasteiger partial charge in [0.15, 0.2) is 5.65 Å². The van der Waals surface area contributed by atoms with E-state index in [1.54, 1.807) is 23.7 Å². The van der Waals surface area contributed by atoms with Crippen LogP contribution in [0.15, 0.2) is 30.7 Å². The summed E-state index contributed by atoms with van der Waals surface area (Å²) in [5.41, 5.74) is 4.26. The fraction of sp³-hybridized carbons (Fsp3) is 0.522. The summed E-state index contributed by atoms with van der Waals surface area (Å²) < 4.78 is 2.13. The van der Waals surface area contributed by atoms with Gasteiger partial charge < -0.3 is 0 Å². The quantitative estimate of drug-likeness (QED) is 0.643. The lowest BCUT2D eigenvalue weighted by Crippen LogP contribution is -2.37. The van der Waals surface area contributed by atoms with E-state index in [9.17, 15) is 4.79 Å². The summed E-state index contributed by atoms with van der Waals surface area (Å²) >= 11 is 0. The molecule has 0 N–H and O–H groups in total. The Bertz CT molecular complexity index is 1070. The van der Waals surface area contributed by atoms with Crippen LogP contribution in [0.4, 0.5) is 0 Å². The number of hydrogen-bond acceptors (Lipinski definition) is 6. The fourth-order valence-electron chi connectivity index (χ4n) is 5.10. The van der Waals surface area contributed by atoms with Gasteiger partial charge in [-0.25, -0.2) is 5.06 Å². The van der Waals surface area contributed by atoms with Crippen LogP contribution in [-0.4, -0.2) is 42.1 Å². The third-order valence-corrected chi connectivity index (χ3v) is 6.83. The molecule has 1 aliphatic heterocycles. The summed E-state index contributed by atoms with van der Waals surface area (Å²) in [4.78, 5) is 27.4. The van der Waals surface area contributed by atoms with E-state index in [0.717, 1.165) is 55.7 Å². The molecule has 0 bridgehead atoms. The Morgan fingerprint density at radius 3 is 2.71 bits per heavy atom. The zero-order valence-corrected chi connectivity index (χ0v) is 18.1. The molecule has 1 atom stereocenters. The van der Waals surface area contributed by atoms with Gasteiger partial charge in [0, 0.05) is 30.4 Å². The van der Waals surface area contributed by atoms with Gasteiger partial charge in [0.25, 0.3) is 0 Å². The first-order valence-corrected chi connectivity index (χ1v) is 11.1. The third-order valence-electron chi connectivity index (χ3n) is 6.83. The highest BCUT2D eigenvalue weighted by Gasteiger charge is 2.38. The predicted octanol–water partition coefficient (Wildman–Crippen LogP) is 3.39. The number of amides is 1. The van der Waals surface area contributed by atoms with Crippen LogP contribution in [0.5, 0.6) is 0 Å². The van der Waals surface area contributed by atoms with Crippen molar-refractivity contribution in [2.75, 3.05) is 6.61 Å². The van der Waals surface area contributed by atoms with Crippen LogP contribution in [0.25, 0.3) is 5.65 Å². The number of hydrogen-bond donors (Lipinski definition) is 0. The molecule has 1 saturated heterocycles. The molecule has 2 fully saturated rings. The Morgan fingerprint density at radius 2 is 1.94 bits per heavy atom. The molecule has 4 heterocycles. The number of carbonyl (C=O) groups is 1. The topological polar surface area (TPSA) is 85.5 Å². The van der Waals surface area contributed by atoms with Crippen molar-refractivity contribution in [1.29, 1.82) is 0 Å². The van der Waals surface area contributed by atoms with Gasteiger partial charge >= 0.3 is 0 Å². The molecule has 1 saturated carbocycles. The molecule has 0 spiro atoms. The highest BCUT2D eigenvalue weighted by molar-refractivity contribution is 5.78. The van der Waals surface area contributed by atoms with Crippen molar-refractivity contribution in [1.82, 2.24) is 29.6 Å². The van der Waals surface area contributed by atoms with Gasteiger partial charge in [-0.2, -0.15) is 0 Å². The first kappa shape index (κ1) is 20.1. The largest absolute Gasteiger partial charge is 0.284 e. The number of hydroxylamine groups is 2. The smallest absolute Gasteiger partial charge is 0.249 e. The van der Waals surface area contributed by atoms with E-state index in [2.05, 4.69) is 43.6 Å². The fourth-order valence-corrected chi connectivity index (χ4v) is 5.10. The van der Waals surface area contributed by atoms with Crippen LogP contribution in [0.2, 0.25) is 0 Å². The van der Waals surface area contributed by atoms with E-state index < -0.39 is 0 Å². The van der Waals surface area contributed by atoms with Crippen LogP contribution in [-0.2, 0) is 16.1 Å². The van der Waals surface area contributed by atoms with Gasteiger partial charge in [-0.1, -0.05) is 6.07 Å². The number of aryl methyl sites for hydroxylation is 2. The molecule has 0 aromatic carbocycles. The van der Waals surface area contributed by atoms with E-state index in [1.165, 1.54) is 11.3 Å². The highest BCUT2D eigenvalue weighted by Crippen LogP contribution is 2.36. The Balaban J connectivity index is 1.22. The number of pyridine rings is 1. The number of fused-ring (bicyclic) bond motifs is 1. The van der Waals surface area contributed by atoms with Gasteiger partial charge in [-0.15, -0.1) is 10.2 Å². The maximum atomic E-state index is 13.2. The SMILES string of the molecule is Cc1nnc2ccc(CC3CCC(C(=O)N4OCC[C@H]4c4cnccn4)CC3)c(C)n12. The molecule has 8 heteroatoms. The Labute approximate surface area is 181 Å². The monoisotopic (exact) mass is 420 g/mol. The molecule has 5 rings (SSSR count). The van der Waals surface area contributed by atoms with E-state index >= 15 is 0 Å². The first-order valence-electron chi connectivity index (χ1n) is 11.1. The molecule has 3 aromatic rings. The molecule has 31 heavy (non-hydrogen) atoms. The first-order chi connectivity index (χ1) is 15.1. The van der Waals surface area contributed by atoms with Crippen molar-refractivity contribution in [3.05, 3.63) is 53.5 Å². The lowest BCUT2D eigenvalue weighted by Gasteiger charge is -2.32. The zero-order valence-electron chi connectivity index (χ0n) is 18.1. The van der Waals surface area contributed by atoms with Crippen LogP contribution in [0.1, 0.15) is 60.9 Å². The Kier molecular flexibility index (Phi) is 5.40. The second-order valence-electron chi connectivity index (χ2n) is 8.74. The van der Waals surface area contributed by atoms with Crippen LogP contribution in [0.3, 0.4) is 0 Å². The highest BCUT2D eigenvalue weighted by atomic mass is 16.7. The Hall–Kier alpha value is -2.87. The maximum Gasteiger partial charge on any atom is 0.249 e. The summed E-state index contributed by atoms with van der Waals surface area (Å²) in [6, 6.07) is 4.11. The normalized spacial score (nSPS) is 24.1. The van der Waals surface area contributed by atoms with Gasteiger partial charge in [-0.05, 0) is 63.5 Å². The van der Waals surface area contributed by atoms with E-state index in [1.807, 2.05) is 6.92 Å². The van der Waals surface area contributed by atoms with Crippen molar-refractivity contribution in [2.24, 2.45) is 11.8 Å². The van der Waals surface area contributed by atoms with Crippen molar-refractivity contribution in [3.8, 4) is 0 Å². The predicted molar refractivity (Wildman–Crippen MR) is 114 cm³/mol. The molecule has 0 unspecified atom stereocenters. The third kappa shape index (κ3) is 3.80. The summed E-state index contributed by atoms with van der Waals surface area (Å²) in [6.07, 6.45) is 10.8. The average molecular weight is 421 g/mol. The molecule has 3 aromatic heterocycles. The zero-order chi connectivity index (χ0) is 21.4. The van der Waals surface area contributed by atoms with E-state index in [-0.39, 0.29) is 17.9 Å². The van der Waals surface area contributed by atoms with Crippen molar-refractivity contribution < 1.29 is 9.63 Å². The van der Waals surface area contributed by atoms with Crippen LogP contribution in [0, 0.1) is 25.7 Å². The number of aromatic nitrogens is 5. The number of nitrogens with zero attached hydrogens (tertiary/aromatic N) is 6. The minimum atomic E-state index is -0.125. The van der Waals surface area contributed by atoms with E-state index in [4.69, 9.17) is 4.84 Å². The average Bonchev–Trinajstić information content (AvgIpc) is 3.44. The van der Waals surface area contributed by atoms with Gasteiger partial charge in [0.1, 0.15) is 11.9 Å². The van der Waals surface area contributed by atoms with E-state index in [0.29, 0.717) is 12.5 Å². The van der Waals surface area contributed by atoms with Crippen molar-refractivity contribution in [2.45, 2.75) is 58.4 Å². The number of rotatable bonds is 4. The molecular formula is C23H28N6O2. The second-order valence-corrected chi connectivity index (χ2v) is 8.74. The molecule has 162 valence electrons. The summed E-state index contributed by atoms with van der Waals surface area (Å²) in [5, 5.41) is 9.97. The summed E-state index contributed by atoms with van der Waals surface area (Å²) in [7, 11) is 0. The molecule has 2 aliphatic rings. The number of carbonyl (C=O) groups excluding carboxylic acids is 1. The summed E-state index contributed by atoms with van der Waals surface area (Å²) in [6.45, 7) is 4.68. The minimum absolute atomic E-state index is 0.0252. The standard InChI is InChI=1S/C23H28N6O2/c1-15-19(7-8-22-27-26-16(2)28(15)22)13-17-3-5-18(6-4-17)23(30)29-21(9-12-31-29)20-14-24-10-11-25-20/h7-8,10-11,14,17-18,21H,3-6,9,12-13H2,1-2H3/t17?,18?,21-/m0/s1. The van der Waals surface area contributed by atoms with Crippen LogP contribution < -0.4 is 0 Å². The minimum Gasteiger partial charge on any atom is -0.284 e. The molecule has 1 amide bonds. The van der Waals surface area contributed by atoms with Gasteiger partial charge in [0.05, 0.1) is 18.5 Å². The second kappa shape index (κ2) is 8.34. The maximum absolute atomic E-state index is 13.2. The molecule has 1 aliphatic carbocycles. The lowest BCUT2D eigenvalue weighted by molar-refractivity contribution is -0.183. The molecule has 0 radical (unpaired) electrons. The molecule has 8 nitrogen and oxygen atoms in total. The molecular weight excluding hydrogens is 392 g/mol. The lowest BCUT2D eigenvalue weighted by atomic mass is 9.78.